The van der Waals surface area contributed by atoms with E-state index in [4.69, 9.17) is 19.9 Å². The van der Waals surface area contributed by atoms with Crippen LogP contribution in [-0.2, 0) is 29.3 Å². The van der Waals surface area contributed by atoms with Crippen molar-refractivity contribution in [2.75, 3.05) is 13.7 Å². The van der Waals surface area contributed by atoms with Crippen LogP contribution >= 0.6 is 0 Å². The molecule has 0 fully saturated rings. The highest BCUT2D eigenvalue weighted by molar-refractivity contribution is 6.17. The summed E-state index contributed by atoms with van der Waals surface area (Å²) in [6, 6.07) is 6.56. The van der Waals surface area contributed by atoms with Crippen molar-refractivity contribution in [3.05, 3.63) is 52.6 Å². The van der Waals surface area contributed by atoms with Crippen molar-refractivity contribution in [1.82, 2.24) is 5.32 Å². The molecule has 0 saturated heterocycles. The highest BCUT2D eigenvalue weighted by Gasteiger charge is 2.61. The first-order valence-electron chi connectivity index (χ1n) is 7.95. The molecule has 3 rings (SSSR count). The summed E-state index contributed by atoms with van der Waals surface area (Å²) in [7, 11) is 1.20. The lowest BCUT2D eigenvalue weighted by atomic mass is 9.67. The number of ether oxygens (including phenoxy) is 3. The van der Waals surface area contributed by atoms with Gasteiger partial charge in [-0.25, -0.2) is 9.59 Å². The molecule has 2 aliphatic heterocycles. The van der Waals surface area contributed by atoms with Gasteiger partial charge >= 0.3 is 11.9 Å². The highest BCUT2D eigenvalue weighted by Crippen LogP contribution is 2.51. The standard InChI is InChI=1S/C18H18N2O6/c1-4-25-16(22)13-14(19)26-11-8-6-5-7-10(11)18(13)12(15(21)24-3)9(2)20-17(18)23/h5-8H,4,19H2,1-3H3,(H,20,23)/t18-/m1/s1. The van der Waals surface area contributed by atoms with E-state index in [1.807, 2.05) is 0 Å². The Morgan fingerprint density at radius 3 is 2.58 bits per heavy atom. The fourth-order valence-electron chi connectivity index (χ4n) is 3.44. The topological polar surface area (TPSA) is 117 Å². The number of esters is 2. The number of carbonyl (C=O) groups excluding carboxylic acids is 3. The normalized spacial score (nSPS) is 21.3. The summed E-state index contributed by atoms with van der Waals surface area (Å²) in [5.41, 5.74) is 4.51. The number of para-hydroxylation sites is 1. The lowest BCUT2D eigenvalue weighted by Crippen LogP contribution is -2.49. The van der Waals surface area contributed by atoms with Crippen LogP contribution in [-0.4, -0.2) is 31.6 Å². The van der Waals surface area contributed by atoms with Crippen molar-refractivity contribution in [2.45, 2.75) is 19.3 Å². The Bertz CT molecular complexity index is 885. The molecule has 2 aliphatic rings. The third-order valence-electron chi connectivity index (χ3n) is 4.39. The van der Waals surface area contributed by atoms with Gasteiger partial charge in [0, 0.05) is 11.3 Å². The molecule has 8 heteroatoms. The van der Waals surface area contributed by atoms with Crippen molar-refractivity contribution in [2.24, 2.45) is 5.73 Å². The fraction of sp³-hybridized carbons (Fsp3) is 0.278. The van der Waals surface area contributed by atoms with Crippen molar-refractivity contribution < 1.29 is 28.6 Å². The van der Waals surface area contributed by atoms with Crippen LogP contribution in [0.15, 0.2) is 47.0 Å². The molecule has 26 heavy (non-hydrogen) atoms. The number of allylic oxidation sites excluding steroid dienone is 1. The van der Waals surface area contributed by atoms with Gasteiger partial charge in [-0.05, 0) is 19.9 Å². The molecule has 3 N–H and O–H groups in total. The number of methoxy groups -OCH3 is 1. The fourth-order valence-corrected chi connectivity index (χ4v) is 3.44. The summed E-state index contributed by atoms with van der Waals surface area (Å²) in [6.07, 6.45) is 0. The van der Waals surface area contributed by atoms with Crippen LogP contribution in [0, 0.1) is 0 Å². The van der Waals surface area contributed by atoms with Gasteiger partial charge < -0.3 is 25.3 Å². The number of nitrogens with two attached hydrogens (primary N) is 1. The summed E-state index contributed by atoms with van der Waals surface area (Å²) >= 11 is 0. The maximum absolute atomic E-state index is 13.1. The second-order valence-corrected chi connectivity index (χ2v) is 5.75. The highest BCUT2D eigenvalue weighted by atomic mass is 16.5. The Hall–Kier alpha value is -3.29. The van der Waals surface area contributed by atoms with Gasteiger partial charge in [-0.15, -0.1) is 0 Å². The minimum Gasteiger partial charge on any atom is -0.466 e. The Morgan fingerprint density at radius 1 is 1.23 bits per heavy atom. The van der Waals surface area contributed by atoms with Crippen molar-refractivity contribution in [3.63, 3.8) is 0 Å². The summed E-state index contributed by atoms with van der Waals surface area (Å²) in [6.45, 7) is 3.23. The zero-order valence-corrected chi connectivity index (χ0v) is 14.5. The predicted molar refractivity (Wildman–Crippen MR) is 89.5 cm³/mol. The van der Waals surface area contributed by atoms with Crippen LogP contribution in [0.2, 0.25) is 0 Å². The van der Waals surface area contributed by atoms with Gasteiger partial charge in [0.15, 0.2) is 0 Å². The summed E-state index contributed by atoms with van der Waals surface area (Å²) in [5.74, 6) is -2.23. The molecule has 0 unspecified atom stereocenters. The van der Waals surface area contributed by atoms with Gasteiger partial charge in [0.2, 0.25) is 11.8 Å². The van der Waals surface area contributed by atoms with E-state index >= 15 is 0 Å². The van der Waals surface area contributed by atoms with E-state index in [2.05, 4.69) is 5.32 Å². The van der Waals surface area contributed by atoms with Crippen molar-refractivity contribution in [1.29, 1.82) is 0 Å². The van der Waals surface area contributed by atoms with Gasteiger partial charge in [-0.3, -0.25) is 4.79 Å². The van der Waals surface area contributed by atoms with Crippen molar-refractivity contribution >= 4 is 17.8 Å². The van der Waals surface area contributed by atoms with Crippen LogP contribution < -0.4 is 15.8 Å². The third-order valence-corrected chi connectivity index (χ3v) is 4.39. The predicted octanol–water partition coefficient (Wildman–Crippen LogP) is 0.627. The summed E-state index contributed by atoms with van der Waals surface area (Å²) < 4.78 is 15.5. The Morgan fingerprint density at radius 2 is 1.92 bits per heavy atom. The summed E-state index contributed by atoms with van der Waals surface area (Å²) in [4.78, 5) is 38.4. The Balaban J connectivity index is 2.41. The monoisotopic (exact) mass is 358 g/mol. The van der Waals surface area contributed by atoms with Crippen LogP contribution in [0.3, 0.4) is 0 Å². The second-order valence-electron chi connectivity index (χ2n) is 5.75. The van der Waals surface area contributed by atoms with E-state index in [1.54, 1.807) is 38.1 Å². The molecule has 1 spiro atoms. The van der Waals surface area contributed by atoms with E-state index < -0.39 is 23.3 Å². The Labute approximate surface area is 149 Å². The SMILES string of the molecule is CCOC(=O)C1=C(N)Oc2ccccc2[C@]12C(=O)NC(C)=C2C(=O)OC. The molecule has 0 aliphatic carbocycles. The molecule has 1 atom stereocenters. The molecule has 2 heterocycles. The molecule has 8 nitrogen and oxygen atoms in total. The minimum atomic E-state index is -1.80. The molecule has 1 aromatic carbocycles. The van der Waals surface area contributed by atoms with E-state index in [9.17, 15) is 14.4 Å². The van der Waals surface area contributed by atoms with Gasteiger partial charge in [-0.1, -0.05) is 18.2 Å². The van der Waals surface area contributed by atoms with E-state index in [0.29, 0.717) is 5.56 Å². The van der Waals surface area contributed by atoms with E-state index in [-0.39, 0.29) is 35.1 Å². The molecule has 0 saturated carbocycles. The first-order chi connectivity index (χ1) is 12.4. The van der Waals surface area contributed by atoms with Crippen LogP contribution in [0.4, 0.5) is 0 Å². The van der Waals surface area contributed by atoms with E-state index in [1.165, 1.54) is 7.11 Å². The number of carbonyl (C=O) groups is 3. The van der Waals surface area contributed by atoms with Crippen LogP contribution in [0.5, 0.6) is 5.75 Å². The summed E-state index contributed by atoms with van der Waals surface area (Å²) in [5, 5.41) is 2.62. The van der Waals surface area contributed by atoms with Gasteiger partial charge in [0.1, 0.15) is 16.7 Å². The van der Waals surface area contributed by atoms with Gasteiger partial charge in [0.05, 0.1) is 19.3 Å². The zero-order valence-electron chi connectivity index (χ0n) is 14.5. The van der Waals surface area contributed by atoms with Gasteiger partial charge in [-0.2, -0.15) is 0 Å². The molecule has 1 aromatic rings. The number of rotatable bonds is 3. The largest absolute Gasteiger partial charge is 0.466 e. The first-order valence-corrected chi connectivity index (χ1v) is 7.95. The maximum Gasteiger partial charge on any atom is 0.341 e. The van der Waals surface area contributed by atoms with Crippen LogP contribution in [0.1, 0.15) is 19.4 Å². The molecule has 0 radical (unpaired) electrons. The molecular formula is C18H18N2O6. The average Bonchev–Trinajstić information content (AvgIpc) is 2.85. The minimum absolute atomic E-state index is 0.0215. The molecule has 0 aromatic heterocycles. The number of hydrogen-bond donors (Lipinski definition) is 2. The van der Waals surface area contributed by atoms with Gasteiger partial charge in [0.25, 0.3) is 0 Å². The Kier molecular flexibility index (Phi) is 4.19. The molecule has 1 amide bonds. The number of hydrogen-bond acceptors (Lipinski definition) is 7. The quantitative estimate of drug-likeness (QED) is 0.761. The smallest absolute Gasteiger partial charge is 0.341 e. The maximum atomic E-state index is 13.1. The zero-order chi connectivity index (χ0) is 19.1. The van der Waals surface area contributed by atoms with Crippen LogP contribution in [0.25, 0.3) is 0 Å². The lowest BCUT2D eigenvalue weighted by Gasteiger charge is -2.35. The molecule has 0 bridgehead atoms. The lowest BCUT2D eigenvalue weighted by molar-refractivity contribution is -0.142. The van der Waals surface area contributed by atoms with E-state index in [0.717, 1.165) is 0 Å². The number of benzene rings is 1. The number of nitrogens with one attached hydrogen (secondary N) is 1. The average molecular weight is 358 g/mol. The number of amides is 1. The second kappa shape index (κ2) is 6.21. The third kappa shape index (κ3) is 2.18. The molecule has 136 valence electrons. The van der Waals surface area contributed by atoms with Crippen molar-refractivity contribution in [3.8, 4) is 5.75 Å². The first kappa shape index (κ1) is 17.5. The number of fused-ring (bicyclic) bond motifs is 2. The molecular weight excluding hydrogens is 340 g/mol.